The van der Waals surface area contributed by atoms with E-state index in [9.17, 15) is 34.2 Å². The third kappa shape index (κ3) is 5.35. The molecule has 5 rings (SSSR count). The number of hydrogen-bond acceptors (Lipinski definition) is 7. The standard InChI is InChI=1S/C40H48O7/c1-21(2)31-33(43)29(23(4)41)35(45)40(47)36(46)32-34(44)30-27(19-38(32,8)20-39(31,40)9)26(14-15-28(30)42)25-12-10-24(11-13-25)18-22(3)16-17-37(5,6)7/h10-15,21,29,31-32,42,47H,3,16-20H2,1-2,4-9H3/t29?,31?,32?,38-,39-,40+/m1/s1. The van der Waals surface area contributed by atoms with Crippen molar-refractivity contribution in [1.82, 2.24) is 0 Å². The molecule has 3 aliphatic rings. The highest BCUT2D eigenvalue weighted by Gasteiger charge is 2.76. The SMILES string of the molecule is C=C(CCC(C)(C)C)Cc1ccc(-c2ccc(O)c3c2C[C@]2(C)C[C@]4(C)C(C(C)C)C(=O)C(C(C)=O)C(=O)[C@]4(O)C(=O)C2C3=O)cc1. The number of carbonyl (C=O) groups excluding carboxylic acids is 5. The normalized spacial score (nSPS) is 30.6. The van der Waals surface area contributed by atoms with E-state index in [1.165, 1.54) is 6.07 Å². The number of phenolic OH excluding ortho intramolecular Hbond substituents is 1. The smallest absolute Gasteiger partial charge is 0.190 e. The zero-order valence-electron chi connectivity index (χ0n) is 29.0. The van der Waals surface area contributed by atoms with Gasteiger partial charge < -0.3 is 10.2 Å². The van der Waals surface area contributed by atoms with Crippen molar-refractivity contribution >= 4 is 28.9 Å². The molecule has 7 nitrogen and oxygen atoms in total. The molecule has 0 radical (unpaired) electrons. The van der Waals surface area contributed by atoms with Crippen molar-refractivity contribution in [2.75, 3.05) is 0 Å². The molecule has 3 unspecified atom stereocenters. The molecule has 2 aromatic carbocycles. The summed E-state index contributed by atoms with van der Waals surface area (Å²) in [6.45, 7) is 19.0. The first kappa shape index (κ1) is 34.6. The molecule has 2 fully saturated rings. The lowest BCUT2D eigenvalue weighted by molar-refractivity contribution is -0.205. The summed E-state index contributed by atoms with van der Waals surface area (Å²) in [6.07, 6.45) is 2.97. The van der Waals surface area contributed by atoms with E-state index in [4.69, 9.17) is 0 Å². The van der Waals surface area contributed by atoms with Crippen LogP contribution in [0.1, 0.15) is 96.1 Å². The number of hydrogen-bond donors (Lipinski definition) is 2. The molecule has 3 aliphatic carbocycles. The Morgan fingerprint density at radius 1 is 1.00 bits per heavy atom. The van der Waals surface area contributed by atoms with Crippen molar-refractivity contribution in [2.45, 2.75) is 93.1 Å². The van der Waals surface area contributed by atoms with Gasteiger partial charge in [-0.25, -0.2) is 0 Å². The second kappa shape index (κ2) is 11.5. The van der Waals surface area contributed by atoms with E-state index in [1.54, 1.807) is 33.8 Å². The Bertz CT molecular complexity index is 1710. The van der Waals surface area contributed by atoms with Crippen LogP contribution in [0.5, 0.6) is 5.75 Å². The molecule has 2 saturated carbocycles. The number of rotatable bonds is 7. The van der Waals surface area contributed by atoms with Crippen LogP contribution >= 0.6 is 0 Å². The first-order chi connectivity index (χ1) is 21.7. The van der Waals surface area contributed by atoms with Gasteiger partial charge in [0, 0.05) is 11.3 Å². The minimum absolute atomic E-state index is 0.00743. The minimum atomic E-state index is -2.70. The topological polar surface area (TPSA) is 126 Å². The molecule has 0 bridgehead atoms. The van der Waals surface area contributed by atoms with Crippen LogP contribution in [0.3, 0.4) is 0 Å². The number of allylic oxidation sites excluding steroid dienone is 1. The highest BCUT2D eigenvalue weighted by Crippen LogP contribution is 2.64. The quantitative estimate of drug-likeness (QED) is 0.255. The largest absolute Gasteiger partial charge is 0.507 e. The summed E-state index contributed by atoms with van der Waals surface area (Å²) in [5, 5.41) is 23.2. The number of phenols is 1. The van der Waals surface area contributed by atoms with Gasteiger partial charge in [0.05, 0.1) is 11.5 Å². The van der Waals surface area contributed by atoms with Crippen LogP contribution in [0.4, 0.5) is 0 Å². The lowest BCUT2D eigenvalue weighted by atomic mass is 9.40. The average Bonchev–Trinajstić information content (AvgIpc) is 2.94. The van der Waals surface area contributed by atoms with Crippen LogP contribution in [0, 0.1) is 39.9 Å². The summed E-state index contributed by atoms with van der Waals surface area (Å²) in [6, 6.07) is 11.3. The lowest BCUT2D eigenvalue weighted by Gasteiger charge is -2.61. The van der Waals surface area contributed by atoms with Crippen LogP contribution in [0.25, 0.3) is 11.1 Å². The van der Waals surface area contributed by atoms with E-state index in [0.717, 1.165) is 48.4 Å². The van der Waals surface area contributed by atoms with Gasteiger partial charge in [-0.1, -0.05) is 91.0 Å². The Morgan fingerprint density at radius 3 is 2.17 bits per heavy atom. The Balaban J connectivity index is 1.57. The molecule has 0 spiro atoms. The van der Waals surface area contributed by atoms with E-state index in [1.807, 2.05) is 24.3 Å². The zero-order chi connectivity index (χ0) is 35.0. The van der Waals surface area contributed by atoms with Crippen molar-refractivity contribution in [3.05, 3.63) is 65.2 Å². The van der Waals surface area contributed by atoms with Gasteiger partial charge in [-0.2, -0.15) is 0 Å². The highest BCUT2D eigenvalue weighted by molar-refractivity contribution is 6.32. The number of Topliss-reactive ketones (excluding diaryl/α,β-unsaturated/α-hetero) is 5. The first-order valence-corrected chi connectivity index (χ1v) is 16.7. The van der Waals surface area contributed by atoms with Gasteiger partial charge in [-0.3, -0.25) is 24.0 Å². The molecule has 47 heavy (non-hydrogen) atoms. The van der Waals surface area contributed by atoms with Crippen LogP contribution in [-0.4, -0.2) is 44.7 Å². The molecule has 0 amide bonds. The fraction of sp³-hybridized carbons (Fsp3) is 0.525. The number of carbonyl (C=O) groups is 5. The summed E-state index contributed by atoms with van der Waals surface area (Å²) in [4.78, 5) is 69.0. The average molecular weight is 641 g/mol. The van der Waals surface area contributed by atoms with Crippen molar-refractivity contribution in [3.63, 3.8) is 0 Å². The summed E-state index contributed by atoms with van der Waals surface area (Å²) in [5.41, 5.74) is -0.640. The van der Waals surface area contributed by atoms with Crippen molar-refractivity contribution in [1.29, 1.82) is 0 Å². The second-order valence-electron chi connectivity index (χ2n) is 16.5. The van der Waals surface area contributed by atoms with E-state index in [2.05, 4.69) is 27.4 Å². The summed E-state index contributed by atoms with van der Waals surface area (Å²) in [7, 11) is 0. The first-order valence-electron chi connectivity index (χ1n) is 16.7. The number of aromatic hydroxyl groups is 1. The molecule has 2 aromatic rings. The summed E-state index contributed by atoms with van der Waals surface area (Å²) in [5.74, 6) is -8.94. The Labute approximate surface area is 277 Å². The lowest BCUT2D eigenvalue weighted by Crippen LogP contribution is -2.76. The molecule has 0 heterocycles. The summed E-state index contributed by atoms with van der Waals surface area (Å²) >= 11 is 0. The van der Waals surface area contributed by atoms with E-state index in [0.29, 0.717) is 5.56 Å². The third-order valence-electron chi connectivity index (χ3n) is 11.2. The molecule has 6 atom stereocenters. The van der Waals surface area contributed by atoms with Gasteiger partial charge in [0.15, 0.2) is 28.7 Å². The van der Waals surface area contributed by atoms with Gasteiger partial charge in [0.2, 0.25) is 0 Å². The van der Waals surface area contributed by atoms with Crippen LogP contribution < -0.4 is 0 Å². The molecule has 0 aliphatic heterocycles. The van der Waals surface area contributed by atoms with Gasteiger partial charge >= 0.3 is 0 Å². The van der Waals surface area contributed by atoms with Gasteiger partial charge in [-0.15, -0.1) is 0 Å². The van der Waals surface area contributed by atoms with Crippen molar-refractivity contribution < 1.29 is 34.2 Å². The number of ketones is 5. The maximum absolute atomic E-state index is 14.5. The Kier molecular flexibility index (Phi) is 8.45. The van der Waals surface area contributed by atoms with Gasteiger partial charge in [0.1, 0.15) is 17.5 Å². The van der Waals surface area contributed by atoms with Gasteiger partial charge in [-0.05, 0) is 84.1 Å². The van der Waals surface area contributed by atoms with Crippen molar-refractivity contribution in [3.8, 4) is 16.9 Å². The predicted molar refractivity (Wildman–Crippen MR) is 180 cm³/mol. The maximum atomic E-state index is 14.5. The Morgan fingerprint density at radius 2 is 1.62 bits per heavy atom. The Hall–Kier alpha value is -3.71. The zero-order valence-corrected chi connectivity index (χ0v) is 29.0. The van der Waals surface area contributed by atoms with Crippen LogP contribution in [0.15, 0.2) is 48.6 Å². The monoisotopic (exact) mass is 640 g/mol. The van der Waals surface area contributed by atoms with Crippen LogP contribution in [-0.2, 0) is 32.0 Å². The summed E-state index contributed by atoms with van der Waals surface area (Å²) < 4.78 is 0. The van der Waals surface area contributed by atoms with E-state index < -0.39 is 69.0 Å². The second-order valence-corrected chi connectivity index (χ2v) is 16.5. The fourth-order valence-corrected chi connectivity index (χ4v) is 9.14. The molecule has 250 valence electrons. The van der Waals surface area contributed by atoms with Crippen molar-refractivity contribution in [2.24, 2.45) is 39.9 Å². The third-order valence-corrected chi connectivity index (χ3v) is 11.2. The molecular formula is C40H48O7. The molecule has 2 N–H and O–H groups in total. The van der Waals surface area contributed by atoms with E-state index >= 15 is 0 Å². The maximum Gasteiger partial charge on any atom is 0.190 e. The molecular weight excluding hydrogens is 592 g/mol. The number of fused-ring (bicyclic) bond motifs is 3. The minimum Gasteiger partial charge on any atom is -0.507 e. The predicted octanol–water partition coefficient (Wildman–Crippen LogP) is 6.68. The molecule has 0 saturated heterocycles. The highest BCUT2D eigenvalue weighted by atomic mass is 16.3. The molecule has 7 heteroatoms. The van der Waals surface area contributed by atoms with Crippen LogP contribution in [0.2, 0.25) is 0 Å². The molecule has 0 aromatic heterocycles. The number of aliphatic hydroxyl groups is 1. The number of benzene rings is 2. The van der Waals surface area contributed by atoms with E-state index in [-0.39, 0.29) is 29.6 Å². The fourth-order valence-electron chi connectivity index (χ4n) is 9.14. The van der Waals surface area contributed by atoms with Gasteiger partial charge in [0.25, 0.3) is 0 Å².